The lowest BCUT2D eigenvalue weighted by molar-refractivity contribution is -0.140. The summed E-state index contributed by atoms with van der Waals surface area (Å²) in [5.41, 5.74) is 0.0325. The number of piperidine rings is 1. The second kappa shape index (κ2) is 7.59. The van der Waals surface area contributed by atoms with Crippen molar-refractivity contribution in [3.63, 3.8) is 0 Å². The second-order valence-electron chi connectivity index (χ2n) is 6.51. The monoisotopic (exact) mass is 356 g/mol. The number of ether oxygens (including phenoxy) is 1. The molecule has 0 aliphatic carbocycles. The Morgan fingerprint density at radius 2 is 2.19 bits per heavy atom. The third-order valence-corrected chi connectivity index (χ3v) is 4.91. The fourth-order valence-electron chi connectivity index (χ4n) is 3.55. The van der Waals surface area contributed by atoms with Crippen molar-refractivity contribution in [2.45, 2.75) is 24.8 Å². The van der Waals surface area contributed by atoms with E-state index in [0.29, 0.717) is 19.5 Å². The minimum atomic E-state index is -0.861. The van der Waals surface area contributed by atoms with Gasteiger partial charge in [0.05, 0.1) is 20.1 Å². The number of hydrogen-bond donors (Lipinski definition) is 1. The highest BCUT2D eigenvalue weighted by Crippen LogP contribution is 2.29. The average molecular weight is 356 g/mol. The van der Waals surface area contributed by atoms with E-state index >= 15 is 0 Å². The molecule has 138 valence electrons. The minimum Gasteiger partial charge on any atom is -0.497 e. The molecule has 1 fully saturated rings. The molecule has 1 aliphatic rings. The third-order valence-electron chi connectivity index (χ3n) is 4.91. The van der Waals surface area contributed by atoms with Gasteiger partial charge in [-0.1, -0.05) is 12.1 Å². The summed E-state index contributed by atoms with van der Waals surface area (Å²) in [4.78, 5) is 27.3. The maximum absolute atomic E-state index is 12.9. The van der Waals surface area contributed by atoms with Gasteiger partial charge < -0.3 is 15.0 Å². The summed E-state index contributed by atoms with van der Waals surface area (Å²) in [5, 5.41) is 7.02. The van der Waals surface area contributed by atoms with E-state index in [1.807, 2.05) is 24.3 Å². The first kappa shape index (κ1) is 18.0. The van der Waals surface area contributed by atoms with Gasteiger partial charge in [-0.2, -0.15) is 5.10 Å². The summed E-state index contributed by atoms with van der Waals surface area (Å²) in [7, 11) is 3.22. The van der Waals surface area contributed by atoms with E-state index in [0.717, 1.165) is 17.7 Å². The van der Waals surface area contributed by atoms with Gasteiger partial charge in [0.15, 0.2) is 5.54 Å². The number of carbonyl (C=O) groups is 2. The molecule has 1 atom stereocenters. The van der Waals surface area contributed by atoms with Gasteiger partial charge in [0.1, 0.15) is 5.75 Å². The number of likely N-dealkylation sites (tertiary alicyclic amines) is 1. The molecular formula is C19H24N4O3. The predicted molar refractivity (Wildman–Crippen MR) is 96.8 cm³/mol. The van der Waals surface area contributed by atoms with Crippen LogP contribution in [0.15, 0.2) is 42.7 Å². The predicted octanol–water partition coefficient (Wildman–Crippen LogP) is 1.20. The highest BCUT2D eigenvalue weighted by molar-refractivity contribution is 5.86. The van der Waals surface area contributed by atoms with E-state index in [1.54, 1.807) is 42.2 Å². The molecule has 2 aromatic rings. The fourth-order valence-corrected chi connectivity index (χ4v) is 3.55. The maximum Gasteiger partial charge on any atom is 0.249 e. The highest BCUT2D eigenvalue weighted by Gasteiger charge is 2.45. The Morgan fingerprint density at radius 1 is 1.35 bits per heavy atom. The molecule has 0 saturated carbocycles. The number of nitrogens with zero attached hydrogens (tertiary/aromatic N) is 3. The number of methoxy groups -OCH3 is 1. The number of carbonyl (C=O) groups excluding carboxylic acids is 2. The van der Waals surface area contributed by atoms with Gasteiger partial charge in [-0.3, -0.25) is 14.3 Å². The SMILES string of the molecule is CNC(=O)C1(n2cccn2)CCCN(C(=O)Cc2cccc(OC)c2)C1. The zero-order valence-corrected chi connectivity index (χ0v) is 15.1. The van der Waals surface area contributed by atoms with Gasteiger partial charge in [0.25, 0.3) is 0 Å². The molecule has 7 nitrogen and oxygen atoms in total. The molecule has 1 unspecified atom stereocenters. The molecule has 1 aromatic carbocycles. The van der Waals surface area contributed by atoms with Crippen molar-refractivity contribution >= 4 is 11.8 Å². The summed E-state index contributed by atoms with van der Waals surface area (Å²) >= 11 is 0. The Balaban J connectivity index is 1.80. The molecule has 1 aromatic heterocycles. The number of amides is 2. The van der Waals surface area contributed by atoms with Gasteiger partial charge in [-0.25, -0.2) is 0 Å². The second-order valence-corrected chi connectivity index (χ2v) is 6.51. The van der Waals surface area contributed by atoms with Crippen molar-refractivity contribution in [2.24, 2.45) is 0 Å². The van der Waals surface area contributed by atoms with Crippen LogP contribution < -0.4 is 10.1 Å². The Kier molecular flexibility index (Phi) is 5.25. The molecule has 1 N–H and O–H groups in total. The molecule has 2 heterocycles. The van der Waals surface area contributed by atoms with E-state index < -0.39 is 5.54 Å². The van der Waals surface area contributed by atoms with Crippen LogP contribution in [0.2, 0.25) is 0 Å². The number of likely N-dealkylation sites (N-methyl/N-ethyl adjacent to an activating group) is 1. The Bertz CT molecular complexity index is 775. The van der Waals surface area contributed by atoms with Crippen molar-refractivity contribution in [3.05, 3.63) is 48.3 Å². The molecule has 26 heavy (non-hydrogen) atoms. The van der Waals surface area contributed by atoms with Crippen LogP contribution in [0.25, 0.3) is 0 Å². The molecule has 0 bridgehead atoms. The van der Waals surface area contributed by atoms with Gasteiger partial charge >= 0.3 is 0 Å². The zero-order chi connectivity index (χ0) is 18.6. The summed E-state index contributed by atoms with van der Waals surface area (Å²) in [5.74, 6) is 0.601. The van der Waals surface area contributed by atoms with E-state index in [1.165, 1.54) is 0 Å². The van der Waals surface area contributed by atoms with Crippen LogP contribution in [-0.4, -0.2) is 53.7 Å². The van der Waals surface area contributed by atoms with Crippen molar-refractivity contribution in [3.8, 4) is 5.75 Å². The van der Waals surface area contributed by atoms with Crippen molar-refractivity contribution in [1.82, 2.24) is 20.0 Å². The molecule has 0 spiro atoms. The number of aromatic nitrogens is 2. The third kappa shape index (κ3) is 3.42. The van der Waals surface area contributed by atoms with Crippen LogP contribution in [0.4, 0.5) is 0 Å². The molecule has 3 rings (SSSR count). The first-order valence-electron chi connectivity index (χ1n) is 8.72. The summed E-state index contributed by atoms with van der Waals surface area (Å²) in [6, 6.07) is 9.28. The van der Waals surface area contributed by atoms with Crippen molar-refractivity contribution < 1.29 is 14.3 Å². The standard InChI is InChI=1S/C19H24N4O3/c1-20-18(25)19(23-11-5-9-21-23)8-4-10-22(14-19)17(24)13-15-6-3-7-16(12-15)26-2/h3,5-7,9,11-12H,4,8,10,13-14H2,1-2H3,(H,20,25). The summed E-state index contributed by atoms with van der Waals surface area (Å²) in [6.45, 7) is 0.958. The van der Waals surface area contributed by atoms with Crippen LogP contribution in [0.5, 0.6) is 5.75 Å². The molecular weight excluding hydrogens is 332 g/mol. The van der Waals surface area contributed by atoms with Gasteiger partial charge in [0, 0.05) is 26.0 Å². The Hall–Kier alpha value is -2.83. The quantitative estimate of drug-likeness (QED) is 0.873. The van der Waals surface area contributed by atoms with E-state index in [9.17, 15) is 9.59 Å². The molecule has 2 amide bonds. The lowest BCUT2D eigenvalue weighted by Gasteiger charge is -2.41. The molecule has 0 radical (unpaired) electrons. The molecule has 7 heteroatoms. The minimum absolute atomic E-state index is 0.00149. The van der Waals surface area contributed by atoms with E-state index in [2.05, 4.69) is 10.4 Å². The Morgan fingerprint density at radius 3 is 2.88 bits per heavy atom. The molecule has 1 saturated heterocycles. The van der Waals surface area contributed by atoms with Crippen LogP contribution >= 0.6 is 0 Å². The van der Waals surface area contributed by atoms with Crippen LogP contribution in [0, 0.1) is 0 Å². The topological polar surface area (TPSA) is 76.5 Å². The van der Waals surface area contributed by atoms with Crippen molar-refractivity contribution in [1.29, 1.82) is 0 Å². The largest absolute Gasteiger partial charge is 0.497 e. The van der Waals surface area contributed by atoms with E-state index in [4.69, 9.17) is 4.74 Å². The lowest BCUT2D eigenvalue weighted by atomic mass is 9.87. The number of nitrogens with one attached hydrogen (secondary N) is 1. The van der Waals surface area contributed by atoms with Crippen LogP contribution in [-0.2, 0) is 21.5 Å². The number of rotatable bonds is 5. The maximum atomic E-state index is 12.9. The van der Waals surface area contributed by atoms with Gasteiger partial charge in [-0.05, 0) is 36.6 Å². The van der Waals surface area contributed by atoms with Crippen molar-refractivity contribution in [2.75, 3.05) is 27.2 Å². The summed E-state index contributed by atoms with van der Waals surface area (Å²) in [6.07, 6.45) is 5.11. The summed E-state index contributed by atoms with van der Waals surface area (Å²) < 4.78 is 6.90. The molecule has 1 aliphatic heterocycles. The number of hydrogen-bond acceptors (Lipinski definition) is 4. The number of benzene rings is 1. The zero-order valence-electron chi connectivity index (χ0n) is 15.1. The highest BCUT2D eigenvalue weighted by atomic mass is 16.5. The Labute approximate surface area is 152 Å². The van der Waals surface area contributed by atoms with E-state index in [-0.39, 0.29) is 18.2 Å². The first-order valence-corrected chi connectivity index (χ1v) is 8.72. The van der Waals surface area contributed by atoms with Crippen LogP contribution in [0.1, 0.15) is 18.4 Å². The van der Waals surface area contributed by atoms with Crippen LogP contribution in [0.3, 0.4) is 0 Å². The average Bonchev–Trinajstić information content (AvgIpc) is 3.22. The fraction of sp³-hybridized carbons (Fsp3) is 0.421. The lowest BCUT2D eigenvalue weighted by Crippen LogP contribution is -2.59. The normalized spacial score (nSPS) is 19.8. The van der Waals surface area contributed by atoms with Gasteiger partial charge in [0.2, 0.25) is 11.8 Å². The van der Waals surface area contributed by atoms with Gasteiger partial charge in [-0.15, -0.1) is 0 Å². The first-order chi connectivity index (χ1) is 12.6. The smallest absolute Gasteiger partial charge is 0.249 e.